The summed E-state index contributed by atoms with van der Waals surface area (Å²) in [6, 6.07) is 22.7. The van der Waals surface area contributed by atoms with E-state index in [1.54, 1.807) is 0 Å². The van der Waals surface area contributed by atoms with E-state index in [4.69, 9.17) is 0 Å². The van der Waals surface area contributed by atoms with Gasteiger partial charge in [-0.2, -0.15) is 0 Å². The highest BCUT2D eigenvalue weighted by atomic mass is 16.1. The number of aromatic nitrogens is 2. The fraction of sp³-hybridized carbons (Fsp3) is 0.200. The number of hydrogen-bond acceptors (Lipinski definition) is 1. The molecule has 0 spiro atoms. The molecule has 0 radical (unpaired) electrons. The number of imidazole rings is 1. The average Bonchev–Trinajstić information content (AvgIpc) is 3.33. The van der Waals surface area contributed by atoms with Crippen molar-refractivity contribution >= 4 is 22.4 Å². The van der Waals surface area contributed by atoms with E-state index in [-0.39, 0.29) is 5.91 Å². The predicted octanol–water partition coefficient (Wildman–Crippen LogP) is 4.49. The third-order valence-corrected chi connectivity index (χ3v) is 5.72. The van der Waals surface area contributed by atoms with Crippen molar-refractivity contribution in [2.45, 2.75) is 32.9 Å². The second-order valence-corrected chi connectivity index (χ2v) is 7.75. The largest absolute Gasteiger partial charge is 0.322 e. The molecule has 0 bridgehead atoms. The number of fused-ring (bicyclic) bond motifs is 2. The number of carbonyl (C=O) groups is 1. The smallest absolute Gasteiger partial charge is 0.266 e. The minimum absolute atomic E-state index is 0.00195. The van der Waals surface area contributed by atoms with Crippen LogP contribution < -0.4 is 9.88 Å². The van der Waals surface area contributed by atoms with Gasteiger partial charge in [0.1, 0.15) is 6.20 Å². The van der Waals surface area contributed by atoms with E-state index in [1.807, 2.05) is 30.3 Å². The van der Waals surface area contributed by atoms with Crippen molar-refractivity contribution in [3.63, 3.8) is 0 Å². The minimum Gasteiger partial charge on any atom is -0.322 e. The Morgan fingerprint density at radius 1 is 1.03 bits per heavy atom. The zero-order valence-electron chi connectivity index (χ0n) is 16.6. The molecule has 0 saturated carbocycles. The third kappa shape index (κ3) is 3.31. The van der Waals surface area contributed by atoms with Gasteiger partial charge >= 0.3 is 0 Å². The van der Waals surface area contributed by atoms with E-state index in [2.05, 4.69) is 64.0 Å². The Bertz CT molecular complexity index is 1200. The lowest BCUT2D eigenvalue weighted by Gasteiger charge is -2.08. The van der Waals surface area contributed by atoms with Crippen LogP contribution in [-0.4, -0.2) is 10.5 Å². The van der Waals surface area contributed by atoms with E-state index in [9.17, 15) is 4.79 Å². The van der Waals surface area contributed by atoms with Gasteiger partial charge in [-0.1, -0.05) is 66.2 Å². The van der Waals surface area contributed by atoms with Gasteiger partial charge < -0.3 is 5.32 Å². The lowest BCUT2D eigenvalue weighted by atomic mass is 10.1. The second-order valence-electron chi connectivity index (χ2n) is 7.75. The second kappa shape index (κ2) is 7.21. The minimum atomic E-state index is 0.00195. The van der Waals surface area contributed by atoms with Gasteiger partial charge in [0.2, 0.25) is 0 Å². The van der Waals surface area contributed by atoms with Crippen molar-refractivity contribution in [1.29, 1.82) is 0 Å². The average molecular weight is 382 g/mol. The fourth-order valence-corrected chi connectivity index (χ4v) is 4.28. The topological polar surface area (TPSA) is 37.9 Å². The molecule has 3 aromatic carbocycles. The molecule has 0 saturated heterocycles. The maximum Gasteiger partial charge on any atom is 0.266 e. The van der Waals surface area contributed by atoms with Crippen molar-refractivity contribution in [3.05, 3.63) is 84.3 Å². The first kappa shape index (κ1) is 17.7. The Morgan fingerprint density at radius 3 is 2.69 bits per heavy atom. The molecule has 1 aromatic heterocycles. The summed E-state index contributed by atoms with van der Waals surface area (Å²) in [6.45, 7) is 3.44. The van der Waals surface area contributed by atoms with Gasteiger partial charge in [0.25, 0.3) is 11.7 Å². The lowest BCUT2D eigenvalue weighted by molar-refractivity contribution is -0.690. The number of nitrogens with zero attached hydrogens (tertiary/aromatic N) is 2. The van der Waals surface area contributed by atoms with E-state index < -0.39 is 0 Å². The molecule has 4 heteroatoms. The molecule has 0 atom stereocenters. The number of rotatable bonds is 4. The Balaban J connectivity index is 1.42. The number of aryl methyl sites for hydroxylation is 1. The summed E-state index contributed by atoms with van der Waals surface area (Å²) in [7, 11) is 0. The summed E-state index contributed by atoms with van der Waals surface area (Å²) in [5, 5.41) is 5.31. The van der Waals surface area contributed by atoms with Gasteiger partial charge in [0, 0.05) is 16.6 Å². The van der Waals surface area contributed by atoms with Crippen LogP contribution in [0.2, 0.25) is 0 Å². The molecular formula is C25H24N3O+. The summed E-state index contributed by atoms with van der Waals surface area (Å²) in [5.74, 6) is 1.23. The van der Waals surface area contributed by atoms with Crippen LogP contribution in [0.5, 0.6) is 0 Å². The highest BCUT2D eigenvalue weighted by Crippen LogP contribution is 2.26. The molecule has 144 valence electrons. The summed E-state index contributed by atoms with van der Waals surface area (Å²) >= 11 is 0. The summed E-state index contributed by atoms with van der Waals surface area (Å²) in [4.78, 5) is 12.9. The first-order valence-corrected chi connectivity index (χ1v) is 10.2. The molecule has 0 unspecified atom stereocenters. The zero-order valence-corrected chi connectivity index (χ0v) is 16.6. The van der Waals surface area contributed by atoms with E-state index >= 15 is 0 Å². The van der Waals surface area contributed by atoms with Crippen LogP contribution in [0, 0.1) is 6.92 Å². The Labute approximate surface area is 170 Å². The number of nitrogens with one attached hydrogen (secondary N) is 1. The molecule has 5 rings (SSSR count). The summed E-state index contributed by atoms with van der Waals surface area (Å²) in [5.41, 5.74) is 4.51. The van der Waals surface area contributed by atoms with Gasteiger partial charge in [-0.05, 0) is 24.8 Å². The first-order valence-electron chi connectivity index (χ1n) is 10.2. The first-order chi connectivity index (χ1) is 14.2. The van der Waals surface area contributed by atoms with Crippen LogP contribution >= 0.6 is 0 Å². The number of carbonyl (C=O) groups excluding carboxylic acids is 1. The molecule has 1 aliphatic heterocycles. The lowest BCUT2D eigenvalue weighted by Crippen LogP contribution is -2.42. The number of anilines is 1. The van der Waals surface area contributed by atoms with E-state index in [0.717, 1.165) is 35.8 Å². The van der Waals surface area contributed by atoms with Crippen molar-refractivity contribution in [2.24, 2.45) is 0 Å². The molecule has 1 amide bonds. The highest BCUT2D eigenvalue weighted by Gasteiger charge is 2.29. The molecule has 1 N–H and O–H groups in total. The molecule has 2 heterocycles. The van der Waals surface area contributed by atoms with Crippen molar-refractivity contribution < 1.29 is 9.36 Å². The van der Waals surface area contributed by atoms with Crippen LogP contribution in [0.4, 0.5) is 5.69 Å². The quantitative estimate of drug-likeness (QED) is 0.519. The normalized spacial score (nSPS) is 12.9. The summed E-state index contributed by atoms with van der Waals surface area (Å²) < 4.78 is 4.47. The van der Waals surface area contributed by atoms with Crippen LogP contribution in [0.3, 0.4) is 0 Å². The molecule has 0 aliphatic carbocycles. The molecule has 4 aromatic rings. The zero-order chi connectivity index (χ0) is 19.8. The van der Waals surface area contributed by atoms with Crippen LogP contribution in [0.1, 0.15) is 17.8 Å². The van der Waals surface area contributed by atoms with Gasteiger partial charge in [-0.3, -0.25) is 4.79 Å². The van der Waals surface area contributed by atoms with E-state index in [0.29, 0.717) is 6.54 Å². The van der Waals surface area contributed by atoms with Crippen LogP contribution in [-0.2, 0) is 24.3 Å². The monoisotopic (exact) mass is 382 g/mol. The van der Waals surface area contributed by atoms with Crippen molar-refractivity contribution in [2.75, 3.05) is 5.32 Å². The fourth-order valence-electron chi connectivity index (χ4n) is 4.28. The van der Waals surface area contributed by atoms with E-state index in [1.165, 1.54) is 22.6 Å². The highest BCUT2D eigenvalue weighted by molar-refractivity contribution is 6.01. The summed E-state index contributed by atoms with van der Waals surface area (Å²) in [6.07, 6.45) is 4.26. The van der Waals surface area contributed by atoms with Gasteiger partial charge in [0.05, 0.1) is 13.0 Å². The molecule has 0 fully saturated rings. The maximum atomic E-state index is 12.9. The maximum absolute atomic E-state index is 12.9. The van der Waals surface area contributed by atoms with Gasteiger partial charge in [-0.15, -0.1) is 0 Å². The molecule has 1 aliphatic rings. The van der Waals surface area contributed by atoms with Crippen molar-refractivity contribution in [3.8, 4) is 11.3 Å². The Hall–Kier alpha value is -3.40. The van der Waals surface area contributed by atoms with Crippen molar-refractivity contribution in [1.82, 2.24) is 4.57 Å². The molecule has 29 heavy (non-hydrogen) atoms. The Morgan fingerprint density at radius 2 is 1.83 bits per heavy atom. The standard InChI is InChI=1S/C25H23N3O/c1-18-11-13-20(14-12-18)23-16-27(25-10-5-15-28(23)25)17-24(29)26-22-9-4-7-19-6-2-3-8-21(19)22/h2-4,6-9,11-14,16H,5,10,15,17H2,1H3/p+1. The number of amides is 1. The number of hydrogen-bond donors (Lipinski definition) is 1. The molecular weight excluding hydrogens is 358 g/mol. The van der Waals surface area contributed by atoms with Crippen LogP contribution in [0.25, 0.3) is 22.0 Å². The Kier molecular flexibility index (Phi) is 4.39. The number of benzene rings is 3. The van der Waals surface area contributed by atoms with Gasteiger partial charge in [0.15, 0.2) is 12.2 Å². The predicted molar refractivity (Wildman–Crippen MR) is 116 cm³/mol. The van der Waals surface area contributed by atoms with Crippen LogP contribution in [0.15, 0.2) is 72.9 Å². The SMILES string of the molecule is Cc1ccc(-c2c[n+](CC(=O)Nc3cccc4ccccc34)c3n2CCC3)cc1. The van der Waals surface area contributed by atoms with Gasteiger partial charge in [-0.25, -0.2) is 9.13 Å². The molecule has 4 nitrogen and oxygen atoms in total. The third-order valence-electron chi connectivity index (χ3n) is 5.72.